The molecule has 14 heavy (non-hydrogen) atoms. The first-order valence-electron chi connectivity index (χ1n) is 3.59. The van der Waals surface area contributed by atoms with E-state index >= 15 is 0 Å². The van der Waals surface area contributed by atoms with Gasteiger partial charge in [-0.05, 0) is 0 Å². The van der Waals surface area contributed by atoms with E-state index in [0.717, 1.165) is 6.20 Å². The molecule has 0 unspecified atom stereocenters. The molecule has 0 saturated heterocycles. The highest BCUT2D eigenvalue weighted by atomic mass is 35.5. The van der Waals surface area contributed by atoms with Gasteiger partial charge in [0.1, 0.15) is 5.69 Å². The van der Waals surface area contributed by atoms with Crippen molar-refractivity contribution in [2.75, 3.05) is 0 Å². The van der Waals surface area contributed by atoms with Crippen LogP contribution in [0.5, 0.6) is 5.75 Å². The first-order chi connectivity index (χ1) is 6.57. The molecule has 1 heterocycles. The third kappa shape index (κ3) is 1.91. The molecule has 1 aromatic heterocycles. The lowest BCUT2D eigenvalue weighted by molar-refractivity contribution is 0.145. The molecule has 0 saturated carbocycles. The third-order valence-corrected chi connectivity index (χ3v) is 2.01. The van der Waals surface area contributed by atoms with Gasteiger partial charge in [0, 0.05) is 5.56 Å². The third-order valence-electron chi connectivity index (χ3n) is 1.59. The second-order valence-electron chi connectivity index (χ2n) is 2.46. The Bertz CT molecular complexity index is 390. The highest BCUT2D eigenvalue weighted by Gasteiger charge is 2.19. The fraction of sp³-hybridized carbons (Fsp3) is 0.250. The van der Waals surface area contributed by atoms with Gasteiger partial charge in [-0.15, -0.1) is 0 Å². The summed E-state index contributed by atoms with van der Waals surface area (Å²) in [6.07, 6.45) is -2.28. The minimum atomic E-state index is -2.81. The summed E-state index contributed by atoms with van der Waals surface area (Å²) >= 11 is 5.55. The molecule has 6 heteroatoms. The lowest BCUT2D eigenvalue weighted by Crippen LogP contribution is -1.98. The number of hydrogen-bond acceptors (Lipinski definition) is 3. The molecule has 0 radical (unpaired) electrons. The molecule has 0 aliphatic heterocycles. The Morgan fingerprint density at radius 2 is 2.29 bits per heavy atom. The standard InChI is InChI=1S/C8H5ClF2N2O/c9-6-4(1-2-12)7(8(10)11)13-3-5(6)14/h3,8,14H,1H2. The normalized spacial score (nSPS) is 10.2. The van der Waals surface area contributed by atoms with Crippen LogP contribution in [0.4, 0.5) is 8.78 Å². The number of halogens is 3. The maximum atomic E-state index is 12.4. The van der Waals surface area contributed by atoms with Gasteiger partial charge in [-0.1, -0.05) is 11.6 Å². The SMILES string of the molecule is N#CCc1c(C(F)F)ncc(O)c1Cl. The van der Waals surface area contributed by atoms with Crippen molar-refractivity contribution in [2.45, 2.75) is 12.8 Å². The second-order valence-corrected chi connectivity index (χ2v) is 2.83. The fourth-order valence-corrected chi connectivity index (χ4v) is 1.18. The number of rotatable bonds is 2. The van der Waals surface area contributed by atoms with E-state index in [-0.39, 0.29) is 17.0 Å². The van der Waals surface area contributed by atoms with Gasteiger partial charge in [-0.3, -0.25) is 4.98 Å². The number of pyridine rings is 1. The Morgan fingerprint density at radius 1 is 1.64 bits per heavy atom. The van der Waals surface area contributed by atoms with Gasteiger partial charge in [-0.2, -0.15) is 5.26 Å². The van der Waals surface area contributed by atoms with E-state index < -0.39 is 17.9 Å². The Kier molecular flexibility index (Phi) is 3.20. The largest absolute Gasteiger partial charge is 0.505 e. The Balaban J connectivity index is 3.31. The van der Waals surface area contributed by atoms with Crippen molar-refractivity contribution in [1.82, 2.24) is 4.98 Å². The summed E-state index contributed by atoms with van der Waals surface area (Å²) in [5.41, 5.74) is -0.682. The van der Waals surface area contributed by atoms with Crippen LogP contribution in [-0.2, 0) is 6.42 Å². The van der Waals surface area contributed by atoms with Crippen LogP contribution < -0.4 is 0 Å². The lowest BCUT2D eigenvalue weighted by atomic mass is 10.1. The van der Waals surface area contributed by atoms with Crippen LogP contribution in [0.15, 0.2) is 6.20 Å². The summed E-state index contributed by atoms with van der Waals surface area (Å²) < 4.78 is 24.7. The van der Waals surface area contributed by atoms with Gasteiger partial charge < -0.3 is 5.11 Å². The molecule has 0 aromatic carbocycles. The van der Waals surface area contributed by atoms with Gasteiger partial charge in [0.05, 0.1) is 23.7 Å². The summed E-state index contributed by atoms with van der Waals surface area (Å²) in [7, 11) is 0. The molecule has 0 aliphatic rings. The average molecular weight is 219 g/mol. The molecular weight excluding hydrogens is 214 g/mol. The van der Waals surface area contributed by atoms with Crippen LogP contribution in [0.25, 0.3) is 0 Å². The van der Waals surface area contributed by atoms with Crippen LogP contribution in [-0.4, -0.2) is 10.1 Å². The fourth-order valence-electron chi connectivity index (χ4n) is 0.968. The highest BCUT2D eigenvalue weighted by Crippen LogP contribution is 2.32. The molecule has 0 bridgehead atoms. The van der Waals surface area contributed by atoms with Gasteiger partial charge in [0.15, 0.2) is 5.75 Å². The lowest BCUT2D eigenvalue weighted by Gasteiger charge is -2.07. The van der Waals surface area contributed by atoms with E-state index in [2.05, 4.69) is 4.98 Å². The molecule has 0 amide bonds. The van der Waals surface area contributed by atoms with E-state index in [0.29, 0.717) is 0 Å². The summed E-state index contributed by atoms with van der Waals surface area (Å²) in [5, 5.41) is 17.2. The monoisotopic (exact) mass is 218 g/mol. The Labute approximate surface area is 83.6 Å². The topological polar surface area (TPSA) is 56.9 Å². The number of aromatic nitrogens is 1. The van der Waals surface area contributed by atoms with Crippen LogP contribution in [0.3, 0.4) is 0 Å². The van der Waals surface area contributed by atoms with E-state index in [4.69, 9.17) is 22.0 Å². The van der Waals surface area contributed by atoms with Crippen LogP contribution >= 0.6 is 11.6 Å². The van der Waals surface area contributed by atoms with Gasteiger partial charge in [0.25, 0.3) is 6.43 Å². The summed E-state index contributed by atoms with van der Waals surface area (Å²) in [5.74, 6) is -0.402. The van der Waals surface area contributed by atoms with Crippen molar-refractivity contribution >= 4 is 11.6 Å². The van der Waals surface area contributed by atoms with Crippen molar-refractivity contribution in [2.24, 2.45) is 0 Å². The van der Waals surface area contributed by atoms with E-state index in [1.807, 2.05) is 0 Å². The maximum Gasteiger partial charge on any atom is 0.280 e. The van der Waals surface area contributed by atoms with Crippen molar-refractivity contribution in [1.29, 1.82) is 5.26 Å². The predicted molar refractivity (Wildman–Crippen MR) is 45.2 cm³/mol. The number of hydrogen-bond donors (Lipinski definition) is 1. The van der Waals surface area contributed by atoms with Crippen molar-refractivity contribution < 1.29 is 13.9 Å². The summed E-state index contributed by atoms with van der Waals surface area (Å²) in [6.45, 7) is 0. The van der Waals surface area contributed by atoms with Crippen molar-refractivity contribution in [3.63, 3.8) is 0 Å². The number of alkyl halides is 2. The molecule has 1 aromatic rings. The van der Waals surface area contributed by atoms with Gasteiger partial charge in [0.2, 0.25) is 0 Å². The number of nitrogens with zero attached hydrogens (tertiary/aromatic N) is 2. The summed E-state index contributed by atoms with van der Waals surface area (Å²) in [4.78, 5) is 3.32. The van der Waals surface area contributed by atoms with E-state index in [9.17, 15) is 8.78 Å². The first-order valence-corrected chi connectivity index (χ1v) is 3.97. The molecular formula is C8H5ClF2N2O. The molecule has 1 rings (SSSR count). The predicted octanol–water partition coefficient (Wildman–Crippen LogP) is 2.44. The van der Waals surface area contributed by atoms with Crippen molar-refractivity contribution in [3.05, 3.63) is 22.5 Å². The van der Waals surface area contributed by atoms with Crippen molar-refractivity contribution in [3.8, 4) is 11.8 Å². The van der Waals surface area contributed by atoms with E-state index in [1.54, 1.807) is 6.07 Å². The maximum absolute atomic E-state index is 12.4. The number of aromatic hydroxyl groups is 1. The quantitative estimate of drug-likeness (QED) is 0.830. The second kappa shape index (κ2) is 4.20. The minimum absolute atomic E-state index is 0.121. The number of nitriles is 1. The molecule has 3 nitrogen and oxygen atoms in total. The van der Waals surface area contributed by atoms with Gasteiger partial charge >= 0.3 is 0 Å². The first kappa shape index (κ1) is 10.7. The smallest absolute Gasteiger partial charge is 0.280 e. The molecule has 74 valence electrons. The highest BCUT2D eigenvalue weighted by molar-refractivity contribution is 6.32. The van der Waals surface area contributed by atoms with E-state index in [1.165, 1.54) is 0 Å². The molecule has 1 N–H and O–H groups in total. The summed E-state index contributed by atoms with van der Waals surface area (Å²) in [6, 6.07) is 1.68. The minimum Gasteiger partial charge on any atom is -0.505 e. The average Bonchev–Trinajstić information content (AvgIpc) is 2.13. The molecule has 0 spiro atoms. The van der Waals surface area contributed by atoms with Crippen LogP contribution in [0.1, 0.15) is 17.7 Å². The molecule has 0 atom stereocenters. The zero-order chi connectivity index (χ0) is 10.7. The molecule has 0 aliphatic carbocycles. The molecule has 0 fully saturated rings. The van der Waals surface area contributed by atoms with Crippen LogP contribution in [0, 0.1) is 11.3 Å². The Morgan fingerprint density at radius 3 is 2.79 bits per heavy atom. The van der Waals surface area contributed by atoms with Crippen LogP contribution in [0.2, 0.25) is 5.02 Å². The van der Waals surface area contributed by atoms with Gasteiger partial charge in [-0.25, -0.2) is 8.78 Å². The zero-order valence-electron chi connectivity index (χ0n) is 6.84. The Hall–Kier alpha value is -1.41. The zero-order valence-corrected chi connectivity index (χ0v) is 7.59.